The van der Waals surface area contributed by atoms with E-state index < -0.39 is 25.1 Å². The molecule has 3 aromatic rings. The summed E-state index contributed by atoms with van der Waals surface area (Å²) in [6, 6.07) is 11.0. The van der Waals surface area contributed by atoms with Crippen molar-refractivity contribution < 1.29 is 19.1 Å². The summed E-state index contributed by atoms with van der Waals surface area (Å²) in [4.78, 5) is 28.6. The largest absolute Gasteiger partial charge is 0.478 e. The molecule has 0 unspecified atom stereocenters. The van der Waals surface area contributed by atoms with E-state index in [-0.39, 0.29) is 10.8 Å². The number of hydrogen-bond donors (Lipinski definition) is 1. The summed E-state index contributed by atoms with van der Waals surface area (Å²) in [5.74, 6) is -0.876. The van der Waals surface area contributed by atoms with Crippen LogP contribution in [0.25, 0.3) is 10.9 Å². The van der Waals surface area contributed by atoms with E-state index in [9.17, 15) is 9.59 Å². The molecule has 2 aromatic carbocycles. The van der Waals surface area contributed by atoms with Crippen LogP contribution in [0.15, 0.2) is 36.4 Å². The van der Waals surface area contributed by atoms with Crippen LogP contribution in [0.5, 0.6) is 5.75 Å². The molecule has 0 atom stereocenters. The monoisotopic (exact) mass is 458 g/mol. The zero-order valence-corrected chi connectivity index (χ0v) is 18.3. The first kappa shape index (κ1) is 21.4. The Morgan fingerprint density at radius 3 is 2.68 bits per heavy atom. The van der Waals surface area contributed by atoms with E-state index >= 15 is 0 Å². The molecule has 0 spiro atoms. The number of esters is 1. The van der Waals surface area contributed by atoms with Crippen molar-refractivity contribution in [2.75, 3.05) is 18.5 Å². The highest BCUT2D eigenvalue weighted by Crippen LogP contribution is 2.37. The van der Waals surface area contributed by atoms with Crippen molar-refractivity contribution in [3.05, 3.63) is 63.3 Å². The van der Waals surface area contributed by atoms with Crippen molar-refractivity contribution in [1.82, 2.24) is 4.98 Å². The maximum absolute atomic E-state index is 12.1. The average Bonchev–Trinajstić information content (AvgIpc) is 3.19. The molecule has 31 heavy (non-hydrogen) atoms. The molecule has 1 amide bonds. The summed E-state index contributed by atoms with van der Waals surface area (Å²) in [6.45, 7) is 0.996. The van der Waals surface area contributed by atoms with Gasteiger partial charge in [0, 0.05) is 16.8 Å². The quantitative estimate of drug-likeness (QED) is 0.531. The van der Waals surface area contributed by atoms with Gasteiger partial charge in [0.25, 0.3) is 5.91 Å². The number of aryl methyl sites for hydroxylation is 3. The van der Waals surface area contributed by atoms with Gasteiger partial charge in [-0.3, -0.25) is 4.79 Å². The minimum absolute atomic E-state index is 0.234. The second-order valence-electron chi connectivity index (χ2n) is 7.35. The number of ether oxygens (including phenoxy) is 2. The van der Waals surface area contributed by atoms with Gasteiger partial charge < -0.3 is 14.8 Å². The SMILES string of the molecule is Cc1ccc2c(Cl)cc(Cl)c(OCC(=O)OCC(=O)Nc3ccc4c(c3)CCC4)c2n1. The van der Waals surface area contributed by atoms with Crippen LogP contribution in [-0.4, -0.2) is 30.1 Å². The third kappa shape index (κ3) is 4.92. The van der Waals surface area contributed by atoms with Gasteiger partial charge in [-0.1, -0.05) is 29.3 Å². The third-order valence-corrected chi connectivity index (χ3v) is 5.65. The van der Waals surface area contributed by atoms with Crippen LogP contribution >= 0.6 is 23.2 Å². The van der Waals surface area contributed by atoms with Crippen molar-refractivity contribution in [1.29, 1.82) is 0 Å². The van der Waals surface area contributed by atoms with Gasteiger partial charge in [0.15, 0.2) is 19.0 Å². The van der Waals surface area contributed by atoms with Crippen LogP contribution in [0.2, 0.25) is 10.0 Å². The van der Waals surface area contributed by atoms with Crippen LogP contribution < -0.4 is 10.1 Å². The first-order valence-electron chi connectivity index (χ1n) is 9.86. The molecular formula is C23H20Cl2N2O4. The molecule has 0 fully saturated rings. The van der Waals surface area contributed by atoms with Gasteiger partial charge in [0.2, 0.25) is 0 Å². The predicted octanol–water partition coefficient (Wildman–Crippen LogP) is 4.90. The molecule has 1 heterocycles. The molecular weight excluding hydrogens is 439 g/mol. The Morgan fingerprint density at radius 2 is 1.84 bits per heavy atom. The summed E-state index contributed by atoms with van der Waals surface area (Å²) in [5.41, 5.74) is 4.47. The molecule has 0 radical (unpaired) electrons. The average molecular weight is 459 g/mol. The first-order chi connectivity index (χ1) is 14.9. The van der Waals surface area contributed by atoms with E-state index in [1.165, 1.54) is 17.2 Å². The second-order valence-corrected chi connectivity index (χ2v) is 8.17. The number of aromatic nitrogens is 1. The topological polar surface area (TPSA) is 77.5 Å². The smallest absolute Gasteiger partial charge is 0.344 e. The van der Waals surface area contributed by atoms with Gasteiger partial charge in [-0.05, 0) is 67.6 Å². The number of rotatable bonds is 6. The minimum Gasteiger partial charge on any atom is -0.478 e. The minimum atomic E-state index is -0.698. The van der Waals surface area contributed by atoms with Crippen LogP contribution in [-0.2, 0) is 27.2 Å². The van der Waals surface area contributed by atoms with Crippen LogP contribution in [0.4, 0.5) is 5.69 Å². The highest BCUT2D eigenvalue weighted by Gasteiger charge is 2.16. The molecule has 1 aromatic heterocycles. The summed E-state index contributed by atoms with van der Waals surface area (Å²) >= 11 is 12.5. The van der Waals surface area contributed by atoms with Crippen molar-refractivity contribution in [3.8, 4) is 5.75 Å². The normalized spacial score (nSPS) is 12.5. The number of benzene rings is 2. The lowest BCUT2D eigenvalue weighted by atomic mass is 10.1. The predicted molar refractivity (Wildman–Crippen MR) is 120 cm³/mol. The zero-order valence-electron chi connectivity index (χ0n) is 16.8. The van der Waals surface area contributed by atoms with Gasteiger partial charge >= 0.3 is 5.97 Å². The number of amides is 1. The van der Waals surface area contributed by atoms with E-state index in [2.05, 4.69) is 10.3 Å². The number of anilines is 1. The molecule has 6 nitrogen and oxygen atoms in total. The highest BCUT2D eigenvalue weighted by atomic mass is 35.5. The van der Waals surface area contributed by atoms with Crippen molar-refractivity contribution >= 4 is 51.7 Å². The summed E-state index contributed by atoms with van der Waals surface area (Å²) in [7, 11) is 0. The number of fused-ring (bicyclic) bond motifs is 2. The molecule has 4 rings (SSSR count). The van der Waals surface area contributed by atoms with Crippen LogP contribution in [0.3, 0.4) is 0 Å². The van der Waals surface area contributed by atoms with Gasteiger partial charge in [-0.25, -0.2) is 9.78 Å². The van der Waals surface area contributed by atoms with Crippen molar-refractivity contribution in [2.45, 2.75) is 26.2 Å². The molecule has 0 saturated heterocycles. The number of halogens is 2. The lowest BCUT2D eigenvalue weighted by molar-refractivity contribution is -0.149. The fourth-order valence-corrected chi connectivity index (χ4v) is 4.16. The Labute approximate surface area is 189 Å². The Balaban J connectivity index is 1.33. The highest BCUT2D eigenvalue weighted by molar-refractivity contribution is 6.39. The molecule has 1 aliphatic rings. The lowest BCUT2D eigenvalue weighted by Crippen LogP contribution is -2.23. The molecule has 160 valence electrons. The Bertz CT molecular complexity index is 1180. The first-order valence-corrected chi connectivity index (χ1v) is 10.6. The molecule has 8 heteroatoms. The van der Waals surface area contributed by atoms with Crippen molar-refractivity contribution in [3.63, 3.8) is 0 Å². The fraction of sp³-hybridized carbons (Fsp3) is 0.261. The summed E-state index contributed by atoms with van der Waals surface area (Å²) in [5, 5.41) is 4.07. The Morgan fingerprint density at radius 1 is 1.03 bits per heavy atom. The molecule has 0 aliphatic heterocycles. The number of nitrogens with zero attached hydrogens (tertiary/aromatic N) is 1. The van der Waals surface area contributed by atoms with E-state index in [0.29, 0.717) is 21.6 Å². The van der Waals surface area contributed by atoms with Gasteiger partial charge in [-0.2, -0.15) is 0 Å². The lowest BCUT2D eigenvalue weighted by Gasteiger charge is -2.12. The third-order valence-electron chi connectivity index (χ3n) is 5.06. The second kappa shape index (κ2) is 9.12. The van der Waals surface area contributed by atoms with E-state index in [4.69, 9.17) is 32.7 Å². The molecule has 0 saturated carbocycles. The number of carbonyl (C=O) groups is 2. The number of carbonyl (C=O) groups excluding carboxylic acids is 2. The molecule has 1 N–H and O–H groups in total. The van der Waals surface area contributed by atoms with Crippen molar-refractivity contribution in [2.24, 2.45) is 0 Å². The fourth-order valence-electron chi connectivity index (χ4n) is 3.59. The van der Waals surface area contributed by atoms with E-state index in [0.717, 1.165) is 25.0 Å². The number of nitrogens with one attached hydrogen (secondary N) is 1. The number of pyridine rings is 1. The summed E-state index contributed by atoms with van der Waals surface area (Å²) in [6.07, 6.45) is 3.22. The van der Waals surface area contributed by atoms with E-state index in [1.807, 2.05) is 37.3 Å². The molecule has 1 aliphatic carbocycles. The standard InChI is InChI=1S/C23H20Cl2N2O4/c1-13-5-8-17-18(24)10-19(25)23(22(17)26-13)31-12-21(29)30-11-20(28)27-16-7-6-14-3-2-4-15(14)9-16/h5-10H,2-4,11-12H2,1H3,(H,27,28). The maximum atomic E-state index is 12.1. The Kier molecular flexibility index (Phi) is 6.30. The van der Waals surface area contributed by atoms with Crippen LogP contribution in [0.1, 0.15) is 23.2 Å². The van der Waals surface area contributed by atoms with Gasteiger partial charge in [0.05, 0.1) is 10.0 Å². The number of hydrogen-bond acceptors (Lipinski definition) is 5. The maximum Gasteiger partial charge on any atom is 0.344 e. The summed E-state index contributed by atoms with van der Waals surface area (Å²) < 4.78 is 10.6. The van der Waals surface area contributed by atoms with Gasteiger partial charge in [0.1, 0.15) is 5.52 Å². The van der Waals surface area contributed by atoms with E-state index in [1.54, 1.807) is 0 Å². The molecule has 0 bridgehead atoms. The van der Waals surface area contributed by atoms with Gasteiger partial charge in [-0.15, -0.1) is 0 Å². The van der Waals surface area contributed by atoms with Crippen LogP contribution in [0, 0.1) is 6.92 Å². The Hall–Kier alpha value is -2.83. The zero-order chi connectivity index (χ0) is 22.0.